The second-order valence-corrected chi connectivity index (χ2v) is 8.56. The summed E-state index contributed by atoms with van der Waals surface area (Å²) in [4.78, 5) is 25.2. The van der Waals surface area contributed by atoms with Crippen molar-refractivity contribution in [2.45, 2.75) is 19.9 Å². The van der Waals surface area contributed by atoms with Crippen molar-refractivity contribution in [3.8, 4) is 5.75 Å². The summed E-state index contributed by atoms with van der Waals surface area (Å²) in [7, 11) is 1.58. The normalized spacial score (nSPS) is 10.7. The van der Waals surface area contributed by atoms with Crippen LogP contribution in [0.2, 0.25) is 5.02 Å². The number of methoxy groups -OCH3 is 1. The molecule has 156 valence electrons. The van der Waals surface area contributed by atoms with Gasteiger partial charge in [0.2, 0.25) is 0 Å². The maximum absolute atomic E-state index is 12.7. The summed E-state index contributed by atoms with van der Waals surface area (Å²) in [5.41, 5.74) is 1.08. The molecule has 3 N–H and O–H groups in total. The van der Waals surface area contributed by atoms with Gasteiger partial charge in [0.15, 0.2) is 5.11 Å². The van der Waals surface area contributed by atoms with Crippen LogP contribution in [0.4, 0.5) is 5.69 Å². The molecular weight excluding hydrogens is 442 g/mol. The highest BCUT2D eigenvalue weighted by Gasteiger charge is 2.18. The summed E-state index contributed by atoms with van der Waals surface area (Å²) in [6.07, 6.45) is 0. The molecule has 0 saturated heterocycles. The topological polar surface area (TPSA) is 79.5 Å². The Kier molecular flexibility index (Phi) is 6.91. The number of hydrogen-bond acceptors (Lipinski definition) is 5. The predicted molar refractivity (Wildman–Crippen MR) is 126 cm³/mol. The summed E-state index contributed by atoms with van der Waals surface area (Å²) in [5, 5.41) is 9.63. The van der Waals surface area contributed by atoms with Crippen molar-refractivity contribution in [3.63, 3.8) is 0 Å². The molecule has 0 atom stereocenters. The van der Waals surface area contributed by atoms with Crippen LogP contribution in [0.5, 0.6) is 5.75 Å². The molecule has 0 unspecified atom stereocenters. The van der Waals surface area contributed by atoms with Crippen LogP contribution in [-0.2, 0) is 0 Å². The zero-order valence-corrected chi connectivity index (χ0v) is 18.9. The standard InChI is InChI=1S/C21H20ClN3O3S2/c1-11(2)23-19(26)12-5-4-6-13(9-12)24-21(29)25-20(27)18-17(22)15-8-7-14(28-3)10-16(15)30-18/h4-11H,1-3H3,(H,23,26)(H2,24,25,27,29). The van der Waals surface area contributed by atoms with Gasteiger partial charge in [0, 0.05) is 27.4 Å². The van der Waals surface area contributed by atoms with Crippen molar-refractivity contribution in [2.75, 3.05) is 12.4 Å². The van der Waals surface area contributed by atoms with Gasteiger partial charge in [-0.25, -0.2) is 0 Å². The third-order valence-electron chi connectivity index (χ3n) is 4.07. The summed E-state index contributed by atoms with van der Waals surface area (Å²) >= 11 is 12.9. The second kappa shape index (κ2) is 9.42. The van der Waals surface area contributed by atoms with Gasteiger partial charge < -0.3 is 15.4 Å². The molecule has 0 spiro atoms. The van der Waals surface area contributed by atoms with Gasteiger partial charge in [-0.05, 0) is 62.5 Å². The van der Waals surface area contributed by atoms with E-state index >= 15 is 0 Å². The fraction of sp³-hybridized carbons (Fsp3) is 0.190. The third kappa shape index (κ3) is 5.08. The number of hydrogen-bond donors (Lipinski definition) is 3. The number of carbonyl (C=O) groups is 2. The Bertz CT molecular complexity index is 1130. The molecule has 3 aromatic rings. The van der Waals surface area contributed by atoms with Gasteiger partial charge >= 0.3 is 0 Å². The molecule has 3 rings (SSSR count). The van der Waals surface area contributed by atoms with E-state index in [1.807, 2.05) is 26.0 Å². The first-order chi connectivity index (χ1) is 14.3. The lowest BCUT2D eigenvalue weighted by Gasteiger charge is -2.12. The number of fused-ring (bicyclic) bond motifs is 1. The van der Waals surface area contributed by atoms with E-state index in [2.05, 4.69) is 16.0 Å². The molecule has 1 heterocycles. The monoisotopic (exact) mass is 461 g/mol. The van der Waals surface area contributed by atoms with Crippen molar-refractivity contribution >= 4 is 67.9 Å². The van der Waals surface area contributed by atoms with Crippen LogP contribution in [0.25, 0.3) is 10.1 Å². The Hall–Kier alpha value is -2.68. The Morgan fingerprint density at radius 3 is 2.60 bits per heavy atom. The van der Waals surface area contributed by atoms with E-state index in [4.69, 9.17) is 28.6 Å². The first-order valence-electron chi connectivity index (χ1n) is 9.07. The predicted octanol–water partition coefficient (Wildman–Crippen LogP) is 4.83. The maximum Gasteiger partial charge on any atom is 0.269 e. The fourth-order valence-corrected chi connectivity index (χ4v) is 4.38. The number of thiophene rings is 1. The number of thiocarbonyl (C=S) groups is 1. The molecule has 6 nitrogen and oxygen atoms in total. The van der Waals surface area contributed by atoms with E-state index < -0.39 is 5.91 Å². The average molecular weight is 462 g/mol. The number of rotatable bonds is 5. The van der Waals surface area contributed by atoms with Crippen molar-refractivity contribution < 1.29 is 14.3 Å². The van der Waals surface area contributed by atoms with Crippen LogP contribution in [0.1, 0.15) is 33.9 Å². The smallest absolute Gasteiger partial charge is 0.269 e. The van der Waals surface area contributed by atoms with Crippen LogP contribution in [-0.4, -0.2) is 30.1 Å². The van der Waals surface area contributed by atoms with Gasteiger partial charge in [0.1, 0.15) is 10.6 Å². The number of nitrogens with one attached hydrogen (secondary N) is 3. The molecule has 0 saturated carbocycles. The number of anilines is 1. The lowest BCUT2D eigenvalue weighted by molar-refractivity contribution is 0.0941. The van der Waals surface area contributed by atoms with Gasteiger partial charge in [0.25, 0.3) is 11.8 Å². The number of benzene rings is 2. The fourth-order valence-electron chi connectivity index (χ4n) is 2.72. The lowest BCUT2D eigenvalue weighted by Crippen LogP contribution is -2.34. The summed E-state index contributed by atoms with van der Waals surface area (Å²) in [5.74, 6) is 0.0911. The highest BCUT2D eigenvalue weighted by Crippen LogP contribution is 2.37. The van der Waals surface area contributed by atoms with E-state index in [0.29, 0.717) is 26.9 Å². The lowest BCUT2D eigenvalue weighted by atomic mass is 10.2. The summed E-state index contributed by atoms with van der Waals surface area (Å²) in [6, 6.07) is 12.3. The molecule has 0 aliphatic rings. The maximum atomic E-state index is 12.7. The van der Waals surface area contributed by atoms with Crippen LogP contribution >= 0.6 is 35.2 Å². The third-order valence-corrected chi connectivity index (χ3v) is 5.93. The summed E-state index contributed by atoms with van der Waals surface area (Å²) < 4.78 is 6.05. The van der Waals surface area contributed by atoms with Crippen LogP contribution < -0.4 is 20.7 Å². The zero-order valence-electron chi connectivity index (χ0n) is 16.5. The molecule has 0 fully saturated rings. The van der Waals surface area contributed by atoms with Gasteiger partial charge in [-0.3, -0.25) is 14.9 Å². The largest absolute Gasteiger partial charge is 0.497 e. The summed E-state index contributed by atoms with van der Waals surface area (Å²) in [6.45, 7) is 3.78. The molecule has 2 aromatic carbocycles. The first kappa shape index (κ1) is 22.0. The quantitative estimate of drug-likeness (QED) is 0.474. The van der Waals surface area contributed by atoms with Gasteiger partial charge in [-0.15, -0.1) is 11.3 Å². The Balaban J connectivity index is 1.71. The SMILES string of the molecule is COc1ccc2c(Cl)c(C(=O)NC(=S)Nc3cccc(C(=O)NC(C)C)c3)sc2c1. The molecule has 30 heavy (non-hydrogen) atoms. The second-order valence-electron chi connectivity index (χ2n) is 6.72. The Morgan fingerprint density at radius 1 is 1.13 bits per heavy atom. The molecule has 0 aliphatic heterocycles. The van der Waals surface area contributed by atoms with Crippen LogP contribution in [0.15, 0.2) is 42.5 Å². The highest BCUT2D eigenvalue weighted by atomic mass is 35.5. The van der Waals surface area contributed by atoms with E-state index in [0.717, 1.165) is 10.1 Å². The number of ether oxygens (including phenoxy) is 1. The van der Waals surface area contributed by atoms with Gasteiger partial charge in [-0.2, -0.15) is 0 Å². The van der Waals surface area contributed by atoms with Gasteiger partial charge in [-0.1, -0.05) is 17.7 Å². The minimum absolute atomic E-state index is 0.0282. The number of carbonyl (C=O) groups excluding carboxylic acids is 2. The number of amides is 2. The van der Waals surface area contributed by atoms with Crippen LogP contribution in [0.3, 0.4) is 0 Å². The molecule has 0 radical (unpaired) electrons. The molecule has 1 aromatic heterocycles. The molecule has 9 heteroatoms. The minimum Gasteiger partial charge on any atom is -0.497 e. The van der Waals surface area contributed by atoms with Crippen molar-refractivity contribution in [2.24, 2.45) is 0 Å². The van der Waals surface area contributed by atoms with Crippen molar-refractivity contribution in [3.05, 3.63) is 57.9 Å². The minimum atomic E-state index is -0.411. The van der Waals surface area contributed by atoms with E-state index in [9.17, 15) is 9.59 Å². The van der Waals surface area contributed by atoms with E-state index in [1.165, 1.54) is 11.3 Å². The molecule has 0 aliphatic carbocycles. The first-order valence-corrected chi connectivity index (χ1v) is 10.7. The van der Waals surface area contributed by atoms with Crippen molar-refractivity contribution in [1.29, 1.82) is 0 Å². The molecule has 2 amide bonds. The molecular formula is C21H20ClN3O3S2. The Labute approximate surface area is 188 Å². The molecule has 0 bridgehead atoms. The van der Waals surface area contributed by atoms with E-state index in [-0.39, 0.29) is 17.1 Å². The Morgan fingerprint density at radius 2 is 1.90 bits per heavy atom. The van der Waals surface area contributed by atoms with Crippen LogP contribution in [0, 0.1) is 0 Å². The average Bonchev–Trinajstić information content (AvgIpc) is 3.03. The number of halogens is 1. The highest BCUT2D eigenvalue weighted by molar-refractivity contribution is 7.80. The van der Waals surface area contributed by atoms with Crippen molar-refractivity contribution in [1.82, 2.24) is 10.6 Å². The van der Waals surface area contributed by atoms with E-state index in [1.54, 1.807) is 37.4 Å². The zero-order chi connectivity index (χ0) is 21.8. The van der Waals surface area contributed by atoms with Gasteiger partial charge in [0.05, 0.1) is 12.1 Å².